The van der Waals surface area contributed by atoms with E-state index in [0.717, 1.165) is 0 Å². The first kappa shape index (κ1) is 4.31. The van der Waals surface area contributed by atoms with E-state index in [0.29, 0.717) is 16.6 Å². The second-order valence-electron chi connectivity index (χ2n) is 0.185. The van der Waals surface area contributed by atoms with Gasteiger partial charge in [-0.2, -0.15) is 0 Å². The van der Waals surface area contributed by atoms with Crippen molar-refractivity contribution < 1.29 is 4.79 Å². The number of carbonyl (C=O) groups excluding carboxylic acids is 1. The summed E-state index contributed by atoms with van der Waals surface area (Å²) in [6, 6.07) is 0. The summed E-state index contributed by atoms with van der Waals surface area (Å²) in [6.07, 6.45) is 0. The number of carbonyl (C=O) groups is 1. The summed E-state index contributed by atoms with van der Waals surface area (Å²) >= 11 is 0. The van der Waals surface area contributed by atoms with Gasteiger partial charge in [0.1, 0.15) is 0 Å². The summed E-state index contributed by atoms with van der Waals surface area (Å²) in [4.78, 5) is 9.00. The largest absolute Gasteiger partial charge is 0.290 e. The predicted molar refractivity (Wildman–Crippen MR) is 20.2 cm³/mol. The SMILES string of the molecule is O=CSCl. The molecule has 0 fully saturated rings. The van der Waals surface area contributed by atoms with Crippen LogP contribution in [-0.4, -0.2) is 5.62 Å². The van der Waals surface area contributed by atoms with Gasteiger partial charge in [0.2, 0.25) is 0 Å². The second-order valence-corrected chi connectivity index (χ2v) is 1.09. The fourth-order valence-electron chi connectivity index (χ4n) is 0. The topological polar surface area (TPSA) is 17.1 Å². The summed E-state index contributed by atoms with van der Waals surface area (Å²) in [5, 5.41) is 0. The van der Waals surface area contributed by atoms with Crippen molar-refractivity contribution in [2.75, 3.05) is 0 Å². The van der Waals surface area contributed by atoms with Gasteiger partial charge in [0, 0.05) is 11.0 Å². The van der Waals surface area contributed by atoms with Gasteiger partial charge < -0.3 is 0 Å². The van der Waals surface area contributed by atoms with Crippen LogP contribution in [0.3, 0.4) is 0 Å². The van der Waals surface area contributed by atoms with Gasteiger partial charge in [-0.3, -0.25) is 4.79 Å². The summed E-state index contributed by atoms with van der Waals surface area (Å²) in [7, 11) is 5.38. The Kier molecular flexibility index (Phi) is 3.57. The van der Waals surface area contributed by atoms with E-state index < -0.39 is 0 Å². The maximum Gasteiger partial charge on any atom is 0.191 e. The molecule has 0 aromatic carbocycles. The van der Waals surface area contributed by atoms with E-state index in [1.807, 2.05) is 0 Å². The molecule has 0 aliphatic carbocycles. The zero-order chi connectivity index (χ0) is 3.41. The van der Waals surface area contributed by atoms with E-state index in [9.17, 15) is 0 Å². The van der Waals surface area contributed by atoms with Crippen molar-refractivity contribution in [1.29, 1.82) is 0 Å². The van der Waals surface area contributed by atoms with Crippen LogP contribution in [0.5, 0.6) is 0 Å². The normalized spacial score (nSPS) is 6.25. The third-order valence-corrected chi connectivity index (χ3v) is 0.327. The molecule has 1 nitrogen and oxygen atoms in total. The standard InChI is InChI=1S/CHClOS/c2-4-1-3/h1H. The van der Waals surface area contributed by atoms with E-state index >= 15 is 0 Å². The molecule has 0 spiro atoms. The molecule has 0 N–H and O–H groups in total. The fraction of sp³-hybridized carbons (Fsp3) is 0. The van der Waals surface area contributed by atoms with Gasteiger partial charge in [0.15, 0.2) is 5.62 Å². The Hall–Kier alpha value is 0.310. The molecule has 24 valence electrons. The Morgan fingerprint density at radius 1 is 2.00 bits per heavy atom. The summed E-state index contributed by atoms with van der Waals surface area (Å²) in [6.45, 7) is 0. The quantitative estimate of drug-likeness (QED) is 0.454. The number of hydrogen-bond acceptors (Lipinski definition) is 2. The van der Waals surface area contributed by atoms with Gasteiger partial charge in [-0.15, -0.1) is 0 Å². The number of halogens is 1. The minimum atomic E-state index is 0.557. The van der Waals surface area contributed by atoms with Gasteiger partial charge in [-0.05, 0) is 10.7 Å². The molecule has 0 saturated carbocycles. The summed E-state index contributed by atoms with van der Waals surface area (Å²) < 4.78 is 0. The highest BCUT2D eigenvalue weighted by Crippen LogP contribution is 1.95. The van der Waals surface area contributed by atoms with Crippen molar-refractivity contribution >= 4 is 27.3 Å². The highest BCUT2D eigenvalue weighted by atomic mass is 35.7. The first-order valence-corrected chi connectivity index (χ1v) is 2.33. The molecular weight excluding hydrogens is 95.5 g/mol. The maximum atomic E-state index is 9.00. The van der Waals surface area contributed by atoms with E-state index in [1.165, 1.54) is 0 Å². The second kappa shape index (κ2) is 3.31. The third-order valence-electron chi connectivity index (χ3n) is 0.0364. The molecule has 4 heavy (non-hydrogen) atoms. The lowest BCUT2D eigenvalue weighted by Gasteiger charge is -1.48. The Labute approximate surface area is 32.8 Å². The monoisotopic (exact) mass is 95.9 g/mol. The van der Waals surface area contributed by atoms with Crippen molar-refractivity contribution in [1.82, 2.24) is 0 Å². The first-order valence-electron chi connectivity index (χ1n) is 0.626. The van der Waals surface area contributed by atoms with Crippen LogP contribution in [0.2, 0.25) is 0 Å². The average Bonchev–Trinajstić information content (AvgIpc) is 1.37. The van der Waals surface area contributed by atoms with E-state index in [1.54, 1.807) is 0 Å². The predicted octanol–water partition coefficient (Wildman–Crippen LogP) is 1.06. The van der Waals surface area contributed by atoms with E-state index in [4.69, 9.17) is 15.5 Å². The minimum Gasteiger partial charge on any atom is -0.290 e. The molecule has 0 aromatic rings. The smallest absolute Gasteiger partial charge is 0.191 e. The zero-order valence-corrected chi connectivity index (χ0v) is 3.34. The number of rotatable bonds is 1. The highest BCUT2D eigenvalue weighted by molar-refractivity contribution is 8.31. The van der Waals surface area contributed by atoms with Gasteiger partial charge in [0.25, 0.3) is 0 Å². The summed E-state index contributed by atoms with van der Waals surface area (Å²) in [5.74, 6) is 0. The molecule has 0 unspecified atom stereocenters. The molecule has 0 aromatic heterocycles. The van der Waals surface area contributed by atoms with Crippen LogP contribution in [0.4, 0.5) is 0 Å². The molecule has 0 heterocycles. The minimum absolute atomic E-state index is 0.557. The van der Waals surface area contributed by atoms with Crippen LogP contribution >= 0.6 is 21.7 Å². The van der Waals surface area contributed by atoms with E-state index in [2.05, 4.69) is 0 Å². The van der Waals surface area contributed by atoms with Crippen molar-refractivity contribution in [3.8, 4) is 0 Å². The van der Waals surface area contributed by atoms with Gasteiger partial charge in [-0.25, -0.2) is 0 Å². The lowest BCUT2D eigenvalue weighted by atomic mass is 11.8. The highest BCUT2D eigenvalue weighted by Gasteiger charge is 1.56. The van der Waals surface area contributed by atoms with Crippen LogP contribution in [-0.2, 0) is 4.79 Å². The molecule has 3 heteroatoms. The molecule has 0 atom stereocenters. The van der Waals surface area contributed by atoms with Crippen LogP contribution in [0.15, 0.2) is 0 Å². The van der Waals surface area contributed by atoms with Gasteiger partial charge in [0.05, 0.1) is 0 Å². The molecule has 0 saturated heterocycles. The molecule has 0 aliphatic heterocycles. The Bertz CT molecular complexity index is 22.0. The summed E-state index contributed by atoms with van der Waals surface area (Å²) in [5.41, 5.74) is 0.557. The van der Waals surface area contributed by atoms with Crippen molar-refractivity contribution in [3.63, 3.8) is 0 Å². The lowest BCUT2D eigenvalue weighted by Crippen LogP contribution is -1.35. The van der Waals surface area contributed by atoms with E-state index in [-0.39, 0.29) is 0 Å². The third kappa shape index (κ3) is 2.31. The van der Waals surface area contributed by atoms with Crippen LogP contribution in [0.25, 0.3) is 0 Å². The maximum absolute atomic E-state index is 9.00. The fourth-order valence-corrected chi connectivity index (χ4v) is 0. The Morgan fingerprint density at radius 2 is 2.25 bits per heavy atom. The van der Waals surface area contributed by atoms with Crippen LogP contribution < -0.4 is 0 Å². The first-order chi connectivity index (χ1) is 1.91. The molecule has 0 aliphatic rings. The number of hydrogen-bond donors (Lipinski definition) is 0. The van der Waals surface area contributed by atoms with Crippen molar-refractivity contribution in [2.45, 2.75) is 0 Å². The molecule has 0 bridgehead atoms. The zero-order valence-electron chi connectivity index (χ0n) is 1.77. The van der Waals surface area contributed by atoms with Crippen LogP contribution in [0.1, 0.15) is 0 Å². The Morgan fingerprint density at radius 3 is 2.25 bits per heavy atom. The van der Waals surface area contributed by atoms with Crippen LogP contribution in [0, 0.1) is 0 Å². The van der Waals surface area contributed by atoms with Gasteiger partial charge in [-0.1, -0.05) is 0 Å². The van der Waals surface area contributed by atoms with Crippen molar-refractivity contribution in [2.24, 2.45) is 0 Å². The van der Waals surface area contributed by atoms with Crippen molar-refractivity contribution in [3.05, 3.63) is 0 Å². The average molecular weight is 96.5 g/mol. The molecular formula is CHClOS. The lowest BCUT2D eigenvalue weighted by molar-refractivity contribution is 0.570. The molecule has 0 radical (unpaired) electrons. The Balaban J connectivity index is 2.30. The van der Waals surface area contributed by atoms with Gasteiger partial charge >= 0.3 is 0 Å². The molecule has 0 amide bonds. The molecule has 0 rings (SSSR count).